The molecular weight excluding hydrogens is 395 g/mol. The molecule has 0 spiro atoms. The predicted octanol–water partition coefficient (Wildman–Crippen LogP) is 0.854. The molecule has 0 aliphatic carbocycles. The van der Waals surface area contributed by atoms with E-state index in [1.165, 1.54) is 6.20 Å². The van der Waals surface area contributed by atoms with E-state index in [1.807, 2.05) is 0 Å². The molecule has 0 unspecified atom stereocenters. The van der Waals surface area contributed by atoms with Crippen molar-refractivity contribution in [3.63, 3.8) is 0 Å². The van der Waals surface area contributed by atoms with Gasteiger partial charge in [-0.1, -0.05) is 0 Å². The van der Waals surface area contributed by atoms with Gasteiger partial charge in [-0.25, -0.2) is 21.6 Å². The molecule has 1 fully saturated rings. The quantitative estimate of drug-likeness (QED) is 0.723. The van der Waals surface area contributed by atoms with Gasteiger partial charge in [-0.05, 0) is 12.5 Å². The summed E-state index contributed by atoms with van der Waals surface area (Å²) in [5.74, 6) is -3.18. The number of nitrogens with one attached hydrogen (secondary N) is 1. The fourth-order valence-electron chi connectivity index (χ4n) is 3.95. The van der Waals surface area contributed by atoms with E-state index in [0.717, 1.165) is 22.0 Å². The Bertz CT molecular complexity index is 1000. The van der Waals surface area contributed by atoms with Gasteiger partial charge < -0.3 is 11.1 Å². The third-order valence-corrected chi connectivity index (χ3v) is 6.21. The van der Waals surface area contributed by atoms with Gasteiger partial charge in [0, 0.05) is 55.1 Å². The van der Waals surface area contributed by atoms with Crippen LogP contribution in [0.25, 0.3) is 0 Å². The minimum atomic E-state index is -3.42. The summed E-state index contributed by atoms with van der Waals surface area (Å²) in [6.45, 7) is 1.45. The zero-order chi connectivity index (χ0) is 20.2. The average Bonchev–Trinajstić information content (AvgIpc) is 3.17. The van der Waals surface area contributed by atoms with Gasteiger partial charge in [0.15, 0.2) is 11.6 Å². The van der Waals surface area contributed by atoms with Gasteiger partial charge in [-0.2, -0.15) is 9.19 Å². The monoisotopic (exact) mass is 415 g/mol. The van der Waals surface area contributed by atoms with E-state index in [2.05, 4.69) is 15.3 Å². The zero-order valence-electron chi connectivity index (χ0n) is 15.1. The summed E-state index contributed by atoms with van der Waals surface area (Å²) in [6.07, 6.45) is 3.09. The van der Waals surface area contributed by atoms with Crippen LogP contribution in [-0.2, 0) is 23.1 Å². The molecule has 11 heteroatoms. The molecule has 0 radical (unpaired) electrons. The van der Waals surface area contributed by atoms with Crippen LogP contribution in [0.2, 0.25) is 0 Å². The predicted molar refractivity (Wildman–Crippen MR) is 95.2 cm³/mol. The number of nitrogens with two attached hydrogens (primary N) is 1. The first kappa shape index (κ1) is 19.4. The molecule has 152 valence electrons. The van der Waals surface area contributed by atoms with Gasteiger partial charge >= 0.3 is 0 Å². The van der Waals surface area contributed by atoms with Crippen molar-refractivity contribution in [2.24, 2.45) is 5.73 Å². The summed E-state index contributed by atoms with van der Waals surface area (Å²) in [5.41, 5.74) is 7.61. The molecule has 28 heavy (non-hydrogen) atoms. The second kappa shape index (κ2) is 6.83. The SMILES string of the molecule is CS(=O)(=O)n1cc2c(n1)CN([C@H]1CN[C@H](c3cc(F)cc(F)c3F)[C@@H](N)C1)C2. The lowest BCUT2D eigenvalue weighted by Gasteiger charge is -2.39. The fourth-order valence-corrected chi connectivity index (χ4v) is 4.51. The maximum Gasteiger partial charge on any atom is 0.250 e. The Balaban J connectivity index is 1.46. The maximum absolute atomic E-state index is 14.1. The van der Waals surface area contributed by atoms with Gasteiger partial charge in [-0.15, -0.1) is 0 Å². The number of nitrogens with zero attached hydrogens (tertiary/aromatic N) is 3. The summed E-state index contributed by atoms with van der Waals surface area (Å²) >= 11 is 0. The maximum atomic E-state index is 14.1. The van der Waals surface area contributed by atoms with E-state index in [9.17, 15) is 21.6 Å². The summed E-state index contributed by atoms with van der Waals surface area (Å²) in [5, 5.41) is 7.22. The standard InChI is InChI=1S/C17H20F3N5O2S/c1-28(26,27)25-7-9-6-24(8-15(9)23-25)11-4-14(21)17(22-5-11)12-2-10(18)3-13(19)16(12)20/h2-3,7,11,14,17,22H,4-6,8,21H2,1H3/t11-,14+,17-/m1/s1. The highest BCUT2D eigenvalue weighted by molar-refractivity contribution is 7.89. The van der Waals surface area contributed by atoms with Gasteiger partial charge in [0.25, 0.3) is 10.0 Å². The van der Waals surface area contributed by atoms with E-state index in [0.29, 0.717) is 37.8 Å². The largest absolute Gasteiger partial charge is 0.326 e. The zero-order valence-corrected chi connectivity index (χ0v) is 15.9. The number of piperidine rings is 1. The molecule has 3 atom stereocenters. The van der Waals surface area contributed by atoms with E-state index < -0.39 is 39.6 Å². The Morgan fingerprint density at radius 2 is 2.00 bits per heavy atom. The van der Waals surface area contributed by atoms with Crippen molar-refractivity contribution < 1.29 is 21.6 Å². The third-order valence-electron chi connectivity index (χ3n) is 5.34. The van der Waals surface area contributed by atoms with E-state index in [-0.39, 0.29) is 11.6 Å². The van der Waals surface area contributed by atoms with Crippen molar-refractivity contribution in [2.75, 3.05) is 12.8 Å². The molecule has 7 nitrogen and oxygen atoms in total. The van der Waals surface area contributed by atoms with Crippen LogP contribution in [0.4, 0.5) is 13.2 Å². The highest BCUT2D eigenvalue weighted by atomic mass is 32.2. The topological polar surface area (TPSA) is 93.2 Å². The lowest BCUT2D eigenvalue weighted by Crippen LogP contribution is -2.54. The Labute approximate surface area is 160 Å². The minimum absolute atomic E-state index is 0.00796. The minimum Gasteiger partial charge on any atom is -0.326 e. The molecule has 3 heterocycles. The molecule has 1 aromatic carbocycles. The van der Waals surface area contributed by atoms with Crippen molar-refractivity contribution in [3.05, 3.63) is 52.6 Å². The molecule has 0 bridgehead atoms. The molecule has 1 saturated heterocycles. The summed E-state index contributed by atoms with van der Waals surface area (Å²) in [7, 11) is -3.42. The number of aromatic nitrogens is 2. The van der Waals surface area contributed by atoms with Crippen LogP contribution < -0.4 is 11.1 Å². The first-order valence-corrected chi connectivity index (χ1v) is 10.6. The third kappa shape index (κ3) is 3.43. The Morgan fingerprint density at radius 3 is 2.64 bits per heavy atom. The van der Waals surface area contributed by atoms with Crippen LogP contribution in [0.3, 0.4) is 0 Å². The average molecular weight is 415 g/mol. The normalized spacial score (nSPS) is 25.8. The summed E-state index contributed by atoms with van der Waals surface area (Å²) < 4.78 is 65.3. The first-order valence-electron chi connectivity index (χ1n) is 8.79. The highest BCUT2D eigenvalue weighted by Gasteiger charge is 2.36. The van der Waals surface area contributed by atoms with Crippen molar-refractivity contribution in [2.45, 2.75) is 37.6 Å². The smallest absolute Gasteiger partial charge is 0.250 e. The lowest BCUT2D eigenvalue weighted by molar-refractivity contribution is 0.137. The van der Waals surface area contributed by atoms with Gasteiger partial charge in [-0.3, -0.25) is 4.90 Å². The van der Waals surface area contributed by atoms with Crippen molar-refractivity contribution in [1.82, 2.24) is 19.4 Å². The van der Waals surface area contributed by atoms with E-state index >= 15 is 0 Å². The molecule has 0 amide bonds. The van der Waals surface area contributed by atoms with Crippen LogP contribution >= 0.6 is 0 Å². The fraction of sp³-hybridized carbons (Fsp3) is 0.471. The summed E-state index contributed by atoms with van der Waals surface area (Å²) in [6, 6.07) is 0.246. The van der Waals surface area contributed by atoms with Crippen LogP contribution in [0.5, 0.6) is 0 Å². The Morgan fingerprint density at radius 1 is 1.25 bits per heavy atom. The van der Waals surface area contributed by atoms with Crippen LogP contribution in [0, 0.1) is 17.5 Å². The van der Waals surface area contributed by atoms with Crippen molar-refractivity contribution >= 4 is 10.0 Å². The van der Waals surface area contributed by atoms with Gasteiger partial charge in [0.2, 0.25) is 0 Å². The van der Waals surface area contributed by atoms with Crippen molar-refractivity contribution in [1.29, 1.82) is 0 Å². The second-order valence-electron chi connectivity index (χ2n) is 7.37. The van der Waals surface area contributed by atoms with Crippen LogP contribution in [-0.4, -0.2) is 47.4 Å². The van der Waals surface area contributed by atoms with Gasteiger partial charge in [0.05, 0.1) is 18.0 Å². The molecule has 2 aliphatic heterocycles. The number of fused-ring (bicyclic) bond motifs is 1. The highest BCUT2D eigenvalue weighted by Crippen LogP contribution is 2.31. The molecule has 2 aromatic rings. The molecule has 3 N–H and O–H groups in total. The Hall–Kier alpha value is -1.95. The second-order valence-corrected chi connectivity index (χ2v) is 9.21. The Kier molecular flexibility index (Phi) is 4.73. The number of rotatable bonds is 3. The molecular formula is C17H20F3N5O2S. The molecule has 1 aromatic heterocycles. The van der Waals surface area contributed by atoms with Crippen LogP contribution in [0.1, 0.15) is 29.3 Å². The van der Waals surface area contributed by atoms with E-state index in [1.54, 1.807) is 0 Å². The molecule has 0 saturated carbocycles. The number of halogens is 3. The number of benzene rings is 1. The summed E-state index contributed by atoms with van der Waals surface area (Å²) in [4.78, 5) is 2.11. The van der Waals surface area contributed by atoms with Gasteiger partial charge in [0.1, 0.15) is 5.82 Å². The van der Waals surface area contributed by atoms with Crippen molar-refractivity contribution in [3.8, 4) is 0 Å². The molecule has 4 rings (SSSR count). The van der Waals surface area contributed by atoms with Crippen LogP contribution in [0.15, 0.2) is 18.3 Å². The first-order chi connectivity index (χ1) is 13.1. The number of hydrogen-bond donors (Lipinski definition) is 2. The number of hydrogen-bond acceptors (Lipinski definition) is 6. The molecule has 2 aliphatic rings. The van der Waals surface area contributed by atoms with E-state index in [4.69, 9.17) is 5.73 Å². The lowest BCUT2D eigenvalue weighted by atomic mass is 9.89.